The molecule has 1 N–H and O–H groups in total. The fourth-order valence-electron chi connectivity index (χ4n) is 3.86. The summed E-state index contributed by atoms with van der Waals surface area (Å²) >= 11 is 1.51. The number of nitrogens with zero attached hydrogens (tertiary/aromatic N) is 3. The Labute approximate surface area is 199 Å². The number of nitrogens with one attached hydrogen (secondary N) is 1. The molecule has 9 heteroatoms. The fraction of sp³-hybridized carbons (Fsp3) is 0.333. The van der Waals surface area contributed by atoms with Crippen molar-refractivity contribution in [1.29, 1.82) is 0 Å². The van der Waals surface area contributed by atoms with Gasteiger partial charge in [0.25, 0.3) is 5.91 Å². The number of sulfonamides is 1. The summed E-state index contributed by atoms with van der Waals surface area (Å²) in [5.74, 6) is -0.298. The Morgan fingerprint density at radius 2 is 1.88 bits per heavy atom. The number of fused-ring (bicyclic) bond motifs is 1. The molecular formula is C24H28N4O3S2. The third-order valence-electron chi connectivity index (χ3n) is 5.64. The van der Waals surface area contributed by atoms with Crippen molar-refractivity contribution in [3.63, 3.8) is 0 Å². The molecule has 33 heavy (non-hydrogen) atoms. The van der Waals surface area contributed by atoms with Crippen LogP contribution in [0, 0.1) is 0 Å². The maximum atomic E-state index is 12.9. The second kappa shape index (κ2) is 10.1. The zero-order valence-electron chi connectivity index (χ0n) is 18.8. The fourth-order valence-corrected chi connectivity index (χ4v) is 6.07. The summed E-state index contributed by atoms with van der Waals surface area (Å²) in [6.45, 7) is 5.38. The van der Waals surface area contributed by atoms with E-state index in [0.717, 1.165) is 43.7 Å². The van der Waals surface area contributed by atoms with Crippen molar-refractivity contribution in [1.82, 2.24) is 14.2 Å². The predicted molar refractivity (Wildman–Crippen MR) is 131 cm³/mol. The molecule has 7 nitrogen and oxygen atoms in total. The van der Waals surface area contributed by atoms with Gasteiger partial charge < -0.3 is 0 Å². The van der Waals surface area contributed by atoms with Crippen LogP contribution in [0.2, 0.25) is 0 Å². The minimum absolute atomic E-state index is 0.151. The standard InChI is InChI=1S/C24H28N4O3S2/c1-3-14-28-15-13-21-22(17-28)32-24(25-21)26-23(29)19-9-11-20(12-10-19)33(30,31)27(2)16-18-7-5-4-6-8-18/h4-12H,3,13-17H2,1-2H3,(H,25,26,29). The zero-order chi connectivity index (χ0) is 23.4. The van der Waals surface area contributed by atoms with Crippen LogP contribution in [0.3, 0.4) is 0 Å². The van der Waals surface area contributed by atoms with Crippen molar-refractivity contribution in [2.75, 3.05) is 25.5 Å². The molecule has 2 heterocycles. The van der Waals surface area contributed by atoms with Gasteiger partial charge in [-0.15, -0.1) is 11.3 Å². The van der Waals surface area contributed by atoms with Gasteiger partial charge in [-0.05, 0) is 42.8 Å². The summed E-state index contributed by atoms with van der Waals surface area (Å²) < 4.78 is 27.1. The number of hydrogen-bond acceptors (Lipinski definition) is 6. The van der Waals surface area contributed by atoms with Crippen molar-refractivity contribution >= 4 is 32.4 Å². The maximum absolute atomic E-state index is 12.9. The van der Waals surface area contributed by atoms with E-state index in [-0.39, 0.29) is 17.3 Å². The number of anilines is 1. The van der Waals surface area contributed by atoms with Crippen LogP contribution in [-0.4, -0.2) is 48.7 Å². The number of rotatable bonds is 8. The predicted octanol–water partition coefficient (Wildman–Crippen LogP) is 3.98. The van der Waals surface area contributed by atoms with Gasteiger partial charge in [0.1, 0.15) is 0 Å². The summed E-state index contributed by atoms with van der Waals surface area (Å²) in [6.07, 6.45) is 2.01. The van der Waals surface area contributed by atoms with E-state index in [1.807, 2.05) is 30.3 Å². The van der Waals surface area contributed by atoms with E-state index >= 15 is 0 Å². The minimum Gasteiger partial charge on any atom is -0.298 e. The normalized spacial score (nSPS) is 14.3. The third-order valence-corrected chi connectivity index (χ3v) is 8.46. The molecule has 1 amide bonds. The molecule has 1 aliphatic heterocycles. The average Bonchev–Trinajstić information content (AvgIpc) is 3.21. The van der Waals surface area contributed by atoms with Crippen LogP contribution in [0.4, 0.5) is 5.13 Å². The molecule has 1 aromatic heterocycles. The monoisotopic (exact) mass is 484 g/mol. The third kappa shape index (κ3) is 5.50. The Morgan fingerprint density at radius 1 is 1.15 bits per heavy atom. The largest absolute Gasteiger partial charge is 0.298 e. The van der Waals surface area contributed by atoms with E-state index < -0.39 is 10.0 Å². The van der Waals surface area contributed by atoms with Gasteiger partial charge in [0.05, 0.1) is 10.6 Å². The second-order valence-corrected chi connectivity index (χ2v) is 11.3. The molecule has 0 saturated heterocycles. The molecule has 174 valence electrons. The minimum atomic E-state index is -3.66. The first kappa shape index (κ1) is 23.6. The topological polar surface area (TPSA) is 82.6 Å². The number of amides is 1. The van der Waals surface area contributed by atoms with Gasteiger partial charge in [-0.2, -0.15) is 4.31 Å². The summed E-state index contributed by atoms with van der Waals surface area (Å²) in [5, 5.41) is 3.45. The number of carbonyl (C=O) groups is 1. The quantitative estimate of drug-likeness (QED) is 0.523. The van der Waals surface area contributed by atoms with E-state index in [4.69, 9.17) is 0 Å². The molecule has 3 aromatic rings. The summed E-state index contributed by atoms with van der Waals surface area (Å²) in [5.41, 5.74) is 2.36. The van der Waals surface area contributed by atoms with Crippen molar-refractivity contribution in [2.24, 2.45) is 0 Å². The smallest absolute Gasteiger partial charge is 0.257 e. The Morgan fingerprint density at radius 3 is 2.58 bits per heavy atom. The lowest BCUT2D eigenvalue weighted by Gasteiger charge is -2.24. The molecule has 0 spiro atoms. The number of hydrogen-bond donors (Lipinski definition) is 1. The highest BCUT2D eigenvalue weighted by molar-refractivity contribution is 7.89. The Balaban J connectivity index is 1.41. The summed E-state index contributed by atoms with van der Waals surface area (Å²) in [6, 6.07) is 15.4. The number of carbonyl (C=O) groups excluding carboxylic acids is 1. The van der Waals surface area contributed by atoms with E-state index in [9.17, 15) is 13.2 Å². The Hall–Kier alpha value is -2.59. The average molecular weight is 485 g/mol. The SMILES string of the molecule is CCCN1CCc2nc(NC(=O)c3ccc(S(=O)(=O)N(C)Cc4ccccc4)cc3)sc2C1. The van der Waals surface area contributed by atoms with Gasteiger partial charge in [-0.3, -0.25) is 15.0 Å². The lowest BCUT2D eigenvalue weighted by atomic mass is 10.2. The molecule has 2 aromatic carbocycles. The van der Waals surface area contributed by atoms with Crippen molar-refractivity contribution in [3.05, 3.63) is 76.3 Å². The van der Waals surface area contributed by atoms with Crippen LogP contribution in [0.25, 0.3) is 0 Å². The number of benzene rings is 2. The van der Waals surface area contributed by atoms with E-state index in [0.29, 0.717) is 10.7 Å². The highest BCUT2D eigenvalue weighted by Crippen LogP contribution is 2.29. The lowest BCUT2D eigenvalue weighted by Crippen LogP contribution is -2.30. The van der Waals surface area contributed by atoms with E-state index in [2.05, 4.69) is 22.1 Å². The van der Waals surface area contributed by atoms with Crippen molar-refractivity contribution < 1.29 is 13.2 Å². The highest BCUT2D eigenvalue weighted by atomic mass is 32.2. The second-order valence-electron chi connectivity index (χ2n) is 8.14. The molecule has 0 radical (unpaired) electrons. The summed E-state index contributed by atoms with van der Waals surface area (Å²) in [4.78, 5) is 21.1. The van der Waals surface area contributed by atoms with Crippen LogP contribution in [0.15, 0.2) is 59.5 Å². The molecule has 1 aliphatic rings. The molecule has 4 rings (SSSR count). The first-order valence-electron chi connectivity index (χ1n) is 11.0. The van der Waals surface area contributed by atoms with Gasteiger partial charge in [0, 0.05) is 43.5 Å². The Bertz CT molecular complexity index is 1210. The van der Waals surface area contributed by atoms with Crippen molar-refractivity contribution in [2.45, 2.75) is 37.8 Å². The molecule has 0 unspecified atom stereocenters. The van der Waals surface area contributed by atoms with E-state index in [1.165, 1.54) is 44.8 Å². The maximum Gasteiger partial charge on any atom is 0.257 e. The molecule has 0 saturated carbocycles. The molecule has 0 fully saturated rings. The van der Waals surface area contributed by atoms with Crippen LogP contribution in [0.1, 0.15) is 39.8 Å². The van der Waals surface area contributed by atoms with E-state index in [1.54, 1.807) is 7.05 Å². The van der Waals surface area contributed by atoms with Crippen LogP contribution < -0.4 is 5.32 Å². The number of thiazole rings is 1. The molecular weight excluding hydrogens is 456 g/mol. The molecule has 0 bridgehead atoms. The highest BCUT2D eigenvalue weighted by Gasteiger charge is 2.23. The van der Waals surface area contributed by atoms with Gasteiger partial charge in [0.15, 0.2) is 5.13 Å². The van der Waals surface area contributed by atoms with Gasteiger partial charge in [0.2, 0.25) is 10.0 Å². The molecule has 0 aliphatic carbocycles. The summed E-state index contributed by atoms with van der Waals surface area (Å²) in [7, 11) is -2.11. The van der Waals surface area contributed by atoms with Crippen molar-refractivity contribution in [3.8, 4) is 0 Å². The molecule has 0 atom stereocenters. The van der Waals surface area contributed by atoms with Gasteiger partial charge in [-0.25, -0.2) is 13.4 Å². The van der Waals surface area contributed by atoms with Crippen LogP contribution in [0.5, 0.6) is 0 Å². The van der Waals surface area contributed by atoms with Gasteiger partial charge in [-0.1, -0.05) is 37.3 Å². The Kier molecular flexibility index (Phi) is 7.23. The number of aromatic nitrogens is 1. The first-order valence-corrected chi connectivity index (χ1v) is 13.2. The van der Waals surface area contributed by atoms with Crippen LogP contribution in [-0.2, 0) is 29.5 Å². The lowest BCUT2D eigenvalue weighted by molar-refractivity contribution is 0.102. The van der Waals surface area contributed by atoms with Crippen LogP contribution >= 0.6 is 11.3 Å². The first-order chi connectivity index (χ1) is 15.9. The van der Waals surface area contributed by atoms with Gasteiger partial charge >= 0.3 is 0 Å². The zero-order valence-corrected chi connectivity index (χ0v) is 20.5.